The van der Waals surface area contributed by atoms with Gasteiger partial charge in [0.25, 0.3) is 23.6 Å². The van der Waals surface area contributed by atoms with E-state index in [0.29, 0.717) is 69.2 Å². The second kappa shape index (κ2) is 22.3. The third kappa shape index (κ3) is 10.7. The van der Waals surface area contributed by atoms with Gasteiger partial charge in [0, 0.05) is 61.6 Å². The highest BCUT2D eigenvalue weighted by atomic mass is 16.7. The summed E-state index contributed by atoms with van der Waals surface area (Å²) in [6.07, 6.45) is 4.89. The number of amides is 4. The maximum absolute atomic E-state index is 14.0. The van der Waals surface area contributed by atoms with Gasteiger partial charge in [0.1, 0.15) is 25.6 Å². The standard InChI is InChI=1S/C55H53N5O14/c1-66-47-26-41-43(56-30-38-24-36-7-3-5-9-45(36)58(38)54(41)64)28-49(47)72-32-34-21-35(23-40(22-34)71-20-19-70-18-17-69-16-15-68-14-13-53(63)74-60-51(61)11-12-52(60)62)33-73-50-29-44-42(27-48(50)67-2)55(65)59-39(31-57-44)25-37-8-4-6-10-46(37)59/h3-10,21-23,26-31,38-39H,11-20,24-25,32-33H2,1-2H3/t38-,39-/m0/s1. The third-order valence-electron chi connectivity index (χ3n) is 13.0. The molecule has 5 aliphatic heterocycles. The number of nitrogens with zero attached hydrogens (tertiary/aromatic N) is 5. The minimum absolute atomic E-state index is 0.0270. The number of hydrogen-bond donors (Lipinski definition) is 0. The first-order valence-electron chi connectivity index (χ1n) is 24.3. The van der Waals surface area contributed by atoms with Crippen molar-refractivity contribution < 1.29 is 66.7 Å². The van der Waals surface area contributed by atoms with Crippen molar-refractivity contribution in [3.8, 4) is 28.7 Å². The van der Waals surface area contributed by atoms with Crippen molar-refractivity contribution >= 4 is 64.8 Å². The summed E-state index contributed by atoms with van der Waals surface area (Å²) in [5.41, 5.74) is 7.16. The lowest BCUT2D eigenvalue weighted by Crippen LogP contribution is -2.37. The predicted molar refractivity (Wildman–Crippen MR) is 269 cm³/mol. The lowest BCUT2D eigenvalue weighted by atomic mass is 10.1. The van der Waals surface area contributed by atoms with E-state index >= 15 is 0 Å². The summed E-state index contributed by atoms with van der Waals surface area (Å²) in [4.78, 5) is 81.2. The van der Waals surface area contributed by atoms with Crippen LogP contribution in [0.15, 0.2) is 101 Å². The molecule has 382 valence electrons. The van der Waals surface area contributed by atoms with Crippen LogP contribution in [-0.2, 0) is 59.5 Å². The number of benzene rings is 5. The Balaban J connectivity index is 0.779. The zero-order valence-corrected chi connectivity index (χ0v) is 40.8. The van der Waals surface area contributed by atoms with E-state index in [1.54, 1.807) is 34.1 Å². The summed E-state index contributed by atoms with van der Waals surface area (Å²) in [6.45, 7) is 1.71. The number of ether oxygens (including phenoxy) is 8. The molecule has 0 aliphatic carbocycles. The molecule has 0 unspecified atom stereocenters. The van der Waals surface area contributed by atoms with Gasteiger partial charge in [-0.15, -0.1) is 5.06 Å². The summed E-state index contributed by atoms with van der Waals surface area (Å²) in [5, 5.41) is 0.509. The Morgan fingerprint density at radius 1 is 0.554 bits per heavy atom. The molecule has 5 aromatic rings. The van der Waals surface area contributed by atoms with Gasteiger partial charge in [0.05, 0.1) is 94.9 Å². The van der Waals surface area contributed by atoms with Gasteiger partial charge < -0.3 is 42.7 Å². The average Bonchev–Trinajstić information content (AvgIpc) is 4.04. The van der Waals surface area contributed by atoms with Gasteiger partial charge in [-0.2, -0.15) is 0 Å². The third-order valence-corrected chi connectivity index (χ3v) is 13.0. The number of hydroxylamine groups is 2. The lowest BCUT2D eigenvalue weighted by Gasteiger charge is -2.22. The molecule has 0 N–H and O–H groups in total. The minimum Gasteiger partial charge on any atom is -0.493 e. The predicted octanol–water partition coefficient (Wildman–Crippen LogP) is 6.86. The zero-order valence-electron chi connectivity index (χ0n) is 40.8. The van der Waals surface area contributed by atoms with E-state index in [-0.39, 0.29) is 103 Å². The van der Waals surface area contributed by atoms with Crippen LogP contribution in [-0.4, -0.2) is 120 Å². The Morgan fingerprint density at radius 3 is 1.53 bits per heavy atom. The van der Waals surface area contributed by atoms with Crippen LogP contribution in [0.2, 0.25) is 0 Å². The molecule has 0 spiro atoms. The van der Waals surface area contributed by atoms with Gasteiger partial charge in [-0.05, 0) is 64.7 Å². The van der Waals surface area contributed by atoms with Gasteiger partial charge in [0.2, 0.25) is 0 Å². The molecular weight excluding hydrogens is 955 g/mol. The second-order valence-corrected chi connectivity index (χ2v) is 17.8. The van der Waals surface area contributed by atoms with Crippen molar-refractivity contribution in [1.82, 2.24) is 5.06 Å². The largest absolute Gasteiger partial charge is 0.493 e. The van der Waals surface area contributed by atoms with Crippen molar-refractivity contribution in [2.75, 3.05) is 70.3 Å². The molecule has 0 aromatic heterocycles. The topological polar surface area (TPSA) is 203 Å². The number of carbonyl (C=O) groups is 5. The highest BCUT2D eigenvalue weighted by Crippen LogP contribution is 2.43. The van der Waals surface area contributed by atoms with E-state index in [4.69, 9.17) is 52.7 Å². The van der Waals surface area contributed by atoms with Gasteiger partial charge in [-0.3, -0.25) is 39.0 Å². The fraction of sp³-hybridized carbons (Fsp3) is 0.327. The van der Waals surface area contributed by atoms with E-state index in [1.807, 2.05) is 79.2 Å². The Morgan fingerprint density at radius 2 is 1.03 bits per heavy atom. The molecule has 0 radical (unpaired) electrons. The fourth-order valence-corrected chi connectivity index (χ4v) is 9.40. The van der Waals surface area contributed by atoms with Crippen LogP contribution in [0.4, 0.5) is 22.7 Å². The van der Waals surface area contributed by atoms with Gasteiger partial charge in [-0.1, -0.05) is 36.4 Å². The summed E-state index contributed by atoms with van der Waals surface area (Å²) < 4.78 is 47.3. The van der Waals surface area contributed by atoms with E-state index < -0.39 is 17.8 Å². The summed E-state index contributed by atoms with van der Waals surface area (Å²) in [6, 6.07) is 27.8. The van der Waals surface area contributed by atoms with Crippen molar-refractivity contribution in [1.29, 1.82) is 0 Å². The summed E-state index contributed by atoms with van der Waals surface area (Å²) in [7, 11) is 3.05. The van der Waals surface area contributed by atoms with Crippen LogP contribution in [0.3, 0.4) is 0 Å². The highest BCUT2D eigenvalue weighted by Gasteiger charge is 2.38. The summed E-state index contributed by atoms with van der Waals surface area (Å²) in [5.74, 6) is -0.0772. The molecule has 5 aliphatic rings. The maximum atomic E-state index is 14.0. The molecule has 4 amide bonds. The monoisotopic (exact) mass is 1010 g/mol. The number of aliphatic imine (C=N–C) groups is 2. The van der Waals surface area contributed by atoms with Crippen LogP contribution in [0, 0.1) is 0 Å². The molecule has 2 atom stereocenters. The van der Waals surface area contributed by atoms with E-state index in [9.17, 15) is 24.0 Å². The number of anilines is 2. The molecule has 74 heavy (non-hydrogen) atoms. The number of hydrogen-bond acceptors (Lipinski definition) is 16. The quantitative estimate of drug-likeness (QED) is 0.0514. The Kier molecular flexibility index (Phi) is 14.9. The first-order valence-corrected chi connectivity index (χ1v) is 24.3. The van der Waals surface area contributed by atoms with Crippen LogP contribution in [0.25, 0.3) is 0 Å². The van der Waals surface area contributed by atoms with Crippen LogP contribution < -0.4 is 33.5 Å². The zero-order chi connectivity index (χ0) is 51.1. The molecule has 5 heterocycles. The van der Waals surface area contributed by atoms with Crippen molar-refractivity contribution in [3.63, 3.8) is 0 Å². The lowest BCUT2D eigenvalue weighted by molar-refractivity contribution is -0.198. The van der Waals surface area contributed by atoms with Gasteiger partial charge in [-0.25, -0.2) is 4.79 Å². The number of fused-ring (bicyclic) bond motifs is 8. The molecule has 10 rings (SSSR count). The number of rotatable bonds is 22. The van der Waals surface area contributed by atoms with Gasteiger partial charge >= 0.3 is 5.97 Å². The van der Waals surface area contributed by atoms with E-state index in [0.717, 1.165) is 33.6 Å². The smallest absolute Gasteiger partial charge is 0.335 e. The molecular formula is C55H53N5O14. The van der Waals surface area contributed by atoms with Crippen LogP contribution >= 0.6 is 0 Å². The number of methoxy groups -OCH3 is 2. The number of carbonyl (C=O) groups excluding carboxylic acids is 5. The Hall–Kier alpha value is -8.13. The maximum Gasteiger partial charge on any atom is 0.335 e. The average molecular weight is 1010 g/mol. The van der Waals surface area contributed by atoms with E-state index in [1.165, 1.54) is 14.2 Å². The normalized spacial score (nSPS) is 17.0. The molecule has 0 saturated carbocycles. The number of para-hydroxylation sites is 2. The Bertz CT molecular complexity index is 2870. The van der Waals surface area contributed by atoms with E-state index in [2.05, 4.69) is 0 Å². The SMILES string of the molecule is COc1cc2c(cc1OCc1cc(COc3cc4c(cc3OC)C(=O)N3c5ccccc5C[C@H]3C=N4)cc(OCCOCCOCCOCCC(=O)ON3C(=O)CCC3=O)c1)N=C[C@@H]1Cc3ccccc3N1C2=O. The van der Waals surface area contributed by atoms with Crippen LogP contribution in [0.1, 0.15) is 62.2 Å². The molecule has 19 heteroatoms. The molecule has 0 bridgehead atoms. The fourth-order valence-electron chi connectivity index (χ4n) is 9.40. The molecule has 1 fully saturated rings. The Labute approximate surface area is 426 Å². The molecule has 5 aromatic carbocycles. The van der Waals surface area contributed by atoms with Crippen molar-refractivity contribution in [2.45, 2.75) is 57.4 Å². The first-order chi connectivity index (χ1) is 36.1. The minimum atomic E-state index is -0.733. The van der Waals surface area contributed by atoms with Crippen LogP contribution in [0.5, 0.6) is 28.7 Å². The summed E-state index contributed by atoms with van der Waals surface area (Å²) >= 11 is 0. The number of imide groups is 1. The van der Waals surface area contributed by atoms with Gasteiger partial charge in [0.15, 0.2) is 23.0 Å². The first kappa shape index (κ1) is 49.4. The highest BCUT2D eigenvalue weighted by molar-refractivity contribution is 6.16. The van der Waals surface area contributed by atoms with Crippen molar-refractivity contribution in [2.24, 2.45) is 9.98 Å². The second-order valence-electron chi connectivity index (χ2n) is 17.8. The molecule has 19 nitrogen and oxygen atoms in total. The van der Waals surface area contributed by atoms with Crippen molar-refractivity contribution in [3.05, 3.63) is 124 Å². The molecule has 1 saturated heterocycles.